The lowest BCUT2D eigenvalue weighted by molar-refractivity contribution is 0.514. The Hall–Kier alpha value is -3.59. The zero-order chi connectivity index (χ0) is 26.5. The Bertz CT molecular complexity index is 1120. The van der Waals surface area contributed by atoms with Crippen molar-refractivity contribution in [3.05, 3.63) is 66.7 Å². The number of hydrogen-bond donors (Lipinski definition) is 2. The quantitative estimate of drug-likeness (QED) is 0.472. The molecule has 0 bridgehead atoms. The Balaban J connectivity index is 1.32. The number of hydrogen-bond acceptors (Lipinski definition) is 7. The van der Waals surface area contributed by atoms with Gasteiger partial charge in [0.1, 0.15) is 11.6 Å². The first-order chi connectivity index (χ1) is 18.3. The highest BCUT2D eigenvalue weighted by Crippen LogP contribution is 2.26. The third-order valence-corrected chi connectivity index (χ3v) is 7.07. The van der Waals surface area contributed by atoms with E-state index < -0.39 is 0 Å². The van der Waals surface area contributed by atoms with E-state index in [1.54, 1.807) is 0 Å². The molecular formula is C29H38N8S. The first-order valence-corrected chi connectivity index (χ1v) is 13.8. The van der Waals surface area contributed by atoms with Crippen LogP contribution in [0.5, 0.6) is 0 Å². The molecule has 0 unspecified atom stereocenters. The second-order valence-corrected chi connectivity index (χ2v) is 11.3. The molecule has 200 valence electrons. The predicted octanol–water partition coefficient (Wildman–Crippen LogP) is 4.21. The van der Waals surface area contributed by atoms with Crippen LogP contribution in [0.3, 0.4) is 0 Å². The number of thiocarbonyl (C=S) groups is 1. The third-order valence-electron chi connectivity index (χ3n) is 6.86. The number of nitrogens with zero attached hydrogens (tertiary/aromatic N) is 6. The summed E-state index contributed by atoms with van der Waals surface area (Å²) in [6, 6.07) is 23.4. The number of benzene rings is 2. The van der Waals surface area contributed by atoms with E-state index in [9.17, 15) is 0 Å². The highest BCUT2D eigenvalue weighted by Gasteiger charge is 2.24. The summed E-state index contributed by atoms with van der Waals surface area (Å²) < 4.78 is 0. The molecular weight excluding hydrogens is 492 g/mol. The molecule has 2 fully saturated rings. The van der Waals surface area contributed by atoms with E-state index in [2.05, 4.69) is 118 Å². The molecule has 0 atom stereocenters. The van der Waals surface area contributed by atoms with Gasteiger partial charge in [0.25, 0.3) is 0 Å². The minimum absolute atomic E-state index is 0.147. The average Bonchev–Trinajstić information content (AvgIpc) is 2.93. The fraction of sp³-hybridized carbons (Fsp3) is 0.414. The smallest absolute Gasteiger partial charge is 0.232 e. The second-order valence-electron chi connectivity index (χ2n) is 10.9. The maximum atomic E-state index is 5.58. The number of aromatic nitrogens is 2. The van der Waals surface area contributed by atoms with Crippen molar-refractivity contribution in [2.24, 2.45) is 0 Å². The molecule has 0 radical (unpaired) electrons. The van der Waals surface area contributed by atoms with Gasteiger partial charge in [-0.05, 0) is 57.3 Å². The lowest BCUT2D eigenvalue weighted by Gasteiger charge is -2.38. The molecule has 2 saturated heterocycles. The first-order valence-electron chi connectivity index (χ1n) is 13.4. The lowest BCUT2D eigenvalue weighted by atomic mass is 10.1. The van der Waals surface area contributed by atoms with Gasteiger partial charge in [-0.25, -0.2) is 0 Å². The third kappa shape index (κ3) is 6.64. The van der Waals surface area contributed by atoms with Crippen LogP contribution < -0.4 is 30.2 Å². The summed E-state index contributed by atoms with van der Waals surface area (Å²) in [4.78, 5) is 19.4. The van der Waals surface area contributed by atoms with Gasteiger partial charge in [-0.2, -0.15) is 9.97 Å². The van der Waals surface area contributed by atoms with Crippen molar-refractivity contribution in [2.75, 3.05) is 77.3 Å². The fourth-order valence-corrected chi connectivity index (χ4v) is 5.34. The standard InChI is InChI=1S/C29H38N8S/c1-29(2,3)33-28(38)32-27-30-25(36-18-14-34(15-19-36)23-10-6-4-7-11-23)22-26(31-27)37-20-16-35(17-21-37)24-12-8-5-9-13-24/h4-13,22H,14-21H2,1-3H3,(H2,30,31,32,33,38). The molecule has 0 spiro atoms. The van der Waals surface area contributed by atoms with E-state index in [-0.39, 0.29) is 5.54 Å². The van der Waals surface area contributed by atoms with Crippen molar-refractivity contribution < 1.29 is 0 Å². The van der Waals surface area contributed by atoms with Crippen LogP contribution in [0.1, 0.15) is 20.8 Å². The summed E-state index contributed by atoms with van der Waals surface area (Å²) in [5, 5.41) is 7.09. The van der Waals surface area contributed by atoms with E-state index in [0.29, 0.717) is 11.1 Å². The van der Waals surface area contributed by atoms with E-state index in [4.69, 9.17) is 22.2 Å². The van der Waals surface area contributed by atoms with Crippen molar-refractivity contribution in [1.82, 2.24) is 15.3 Å². The van der Waals surface area contributed by atoms with Crippen LogP contribution in [-0.4, -0.2) is 73.0 Å². The Kier molecular flexibility index (Phi) is 7.83. The van der Waals surface area contributed by atoms with Gasteiger partial charge in [-0.3, -0.25) is 0 Å². The van der Waals surface area contributed by atoms with Crippen molar-refractivity contribution in [3.8, 4) is 0 Å². The van der Waals surface area contributed by atoms with Gasteiger partial charge in [0.15, 0.2) is 5.11 Å². The van der Waals surface area contributed by atoms with Crippen LogP contribution in [0.2, 0.25) is 0 Å². The summed E-state index contributed by atoms with van der Waals surface area (Å²) in [7, 11) is 0. The lowest BCUT2D eigenvalue weighted by Crippen LogP contribution is -2.48. The van der Waals surface area contributed by atoms with E-state index in [1.807, 2.05) is 0 Å². The highest BCUT2D eigenvalue weighted by atomic mass is 32.1. The van der Waals surface area contributed by atoms with Crippen LogP contribution in [0, 0.1) is 0 Å². The van der Waals surface area contributed by atoms with E-state index in [0.717, 1.165) is 64.0 Å². The molecule has 2 aliphatic rings. The Labute approximate surface area is 231 Å². The van der Waals surface area contributed by atoms with E-state index >= 15 is 0 Å². The first kappa shape index (κ1) is 26.0. The fourth-order valence-electron chi connectivity index (χ4n) is 4.94. The largest absolute Gasteiger partial charge is 0.368 e. The van der Waals surface area contributed by atoms with Crippen molar-refractivity contribution in [2.45, 2.75) is 26.3 Å². The van der Waals surface area contributed by atoms with E-state index in [1.165, 1.54) is 11.4 Å². The summed E-state index contributed by atoms with van der Waals surface area (Å²) in [5.41, 5.74) is 2.40. The Morgan fingerprint density at radius 1 is 0.658 bits per heavy atom. The van der Waals surface area contributed by atoms with Gasteiger partial charge in [0, 0.05) is 75.3 Å². The molecule has 2 aromatic carbocycles. The zero-order valence-corrected chi connectivity index (χ0v) is 23.4. The predicted molar refractivity (Wildman–Crippen MR) is 163 cm³/mol. The maximum absolute atomic E-state index is 5.58. The number of nitrogens with one attached hydrogen (secondary N) is 2. The molecule has 5 rings (SSSR count). The van der Waals surface area contributed by atoms with Gasteiger partial charge < -0.3 is 30.2 Å². The number of piperazine rings is 2. The molecule has 0 amide bonds. The molecule has 38 heavy (non-hydrogen) atoms. The van der Waals surface area contributed by atoms with Crippen molar-refractivity contribution >= 4 is 46.3 Å². The second kappa shape index (κ2) is 11.4. The summed E-state index contributed by atoms with van der Waals surface area (Å²) >= 11 is 5.58. The summed E-state index contributed by atoms with van der Waals surface area (Å²) in [5.74, 6) is 2.42. The molecule has 3 aromatic rings. The van der Waals surface area contributed by atoms with Crippen molar-refractivity contribution in [1.29, 1.82) is 0 Å². The molecule has 0 aliphatic carbocycles. The van der Waals surface area contributed by atoms with Gasteiger partial charge in [0.05, 0.1) is 0 Å². The molecule has 2 aliphatic heterocycles. The minimum atomic E-state index is -0.147. The zero-order valence-electron chi connectivity index (χ0n) is 22.6. The SMILES string of the molecule is CC(C)(C)NC(=S)Nc1nc(N2CCN(c3ccccc3)CC2)cc(N2CCN(c3ccccc3)CC2)n1. The average molecular weight is 531 g/mol. The number of anilines is 5. The van der Waals surface area contributed by atoms with Crippen LogP contribution in [0.4, 0.5) is 29.0 Å². The van der Waals surface area contributed by atoms with Gasteiger partial charge in [-0.15, -0.1) is 0 Å². The topological polar surface area (TPSA) is 62.8 Å². The van der Waals surface area contributed by atoms with Crippen molar-refractivity contribution in [3.63, 3.8) is 0 Å². The Morgan fingerprint density at radius 2 is 1.05 bits per heavy atom. The summed E-state index contributed by atoms with van der Waals surface area (Å²) in [6.07, 6.45) is 0. The molecule has 9 heteroatoms. The molecule has 3 heterocycles. The van der Waals surface area contributed by atoms with Gasteiger partial charge in [0.2, 0.25) is 5.95 Å². The molecule has 8 nitrogen and oxygen atoms in total. The van der Waals surface area contributed by atoms with Crippen LogP contribution in [0.15, 0.2) is 66.7 Å². The molecule has 2 N–H and O–H groups in total. The normalized spacial score (nSPS) is 16.4. The minimum Gasteiger partial charge on any atom is -0.368 e. The highest BCUT2D eigenvalue weighted by molar-refractivity contribution is 7.80. The summed E-state index contributed by atoms with van der Waals surface area (Å²) in [6.45, 7) is 13.7. The number of rotatable bonds is 5. The van der Waals surface area contributed by atoms with Crippen LogP contribution >= 0.6 is 12.2 Å². The molecule has 1 aromatic heterocycles. The molecule has 0 saturated carbocycles. The van der Waals surface area contributed by atoms with Gasteiger partial charge >= 0.3 is 0 Å². The van der Waals surface area contributed by atoms with Crippen LogP contribution in [0.25, 0.3) is 0 Å². The number of para-hydroxylation sites is 2. The Morgan fingerprint density at radius 3 is 1.45 bits per heavy atom. The maximum Gasteiger partial charge on any atom is 0.232 e. The van der Waals surface area contributed by atoms with Gasteiger partial charge in [-0.1, -0.05) is 36.4 Å². The monoisotopic (exact) mass is 530 g/mol. The van der Waals surface area contributed by atoms with Crippen LogP contribution in [-0.2, 0) is 0 Å².